The highest BCUT2D eigenvalue weighted by molar-refractivity contribution is 5.98. The minimum absolute atomic E-state index is 0.203. The van der Waals surface area contributed by atoms with Gasteiger partial charge in [0.1, 0.15) is 0 Å². The number of piperidine rings is 1. The van der Waals surface area contributed by atoms with Gasteiger partial charge in [-0.15, -0.1) is 0 Å². The van der Waals surface area contributed by atoms with Crippen molar-refractivity contribution in [1.29, 1.82) is 0 Å². The van der Waals surface area contributed by atoms with E-state index < -0.39 is 0 Å². The molecule has 1 atom stereocenters. The van der Waals surface area contributed by atoms with Gasteiger partial charge in [-0.3, -0.25) is 4.79 Å². The lowest BCUT2D eigenvalue weighted by molar-refractivity contribution is 0.0951. The van der Waals surface area contributed by atoms with Gasteiger partial charge in [0.05, 0.1) is 11.3 Å². The molecule has 1 fully saturated rings. The molecule has 0 N–H and O–H groups in total. The largest absolute Gasteiger partial charge is 0.341 e. The second-order valence-electron chi connectivity index (χ2n) is 5.51. The van der Waals surface area contributed by atoms with Crippen LogP contribution in [0.3, 0.4) is 0 Å². The number of rotatable bonds is 1. The third-order valence-electron chi connectivity index (χ3n) is 3.87. The van der Waals surface area contributed by atoms with Gasteiger partial charge in [0.2, 0.25) is 5.95 Å². The van der Waals surface area contributed by atoms with Gasteiger partial charge in [-0.25, -0.2) is 9.97 Å². The molecular formula is C14H19N3O. The summed E-state index contributed by atoms with van der Waals surface area (Å²) in [4.78, 5) is 23.2. The van der Waals surface area contributed by atoms with Crippen molar-refractivity contribution in [3.63, 3.8) is 0 Å². The maximum absolute atomic E-state index is 11.9. The number of nitrogens with zero attached hydrogens (tertiary/aromatic N) is 3. The molecule has 1 saturated heterocycles. The van der Waals surface area contributed by atoms with Gasteiger partial charge in [0.15, 0.2) is 5.78 Å². The molecule has 3 rings (SSSR count). The fraction of sp³-hybridized carbons (Fsp3) is 0.643. The second kappa shape index (κ2) is 4.67. The predicted molar refractivity (Wildman–Crippen MR) is 69.9 cm³/mol. The van der Waals surface area contributed by atoms with E-state index in [1.54, 1.807) is 6.20 Å². The van der Waals surface area contributed by atoms with Crippen molar-refractivity contribution in [2.75, 3.05) is 18.0 Å². The molecule has 4 nitrogen and oxygen atoms in total. The van der Waals surface area contributed by atoms with Crippen LogP contribution in [-0.2, 0) is 6.42 Å². The Morgan fingerprint density at radius 3 is 2.78 bits per heavy atom. The number of hydrogen-bond acceptors (Lipinski definition) is 4. The van der Waals surface area contributed by atoms with E-state index in [0.717, 1.165) is 36.7 Å². The van der Waals surface area contributed by atoms with Gasteiger partial charge in [0.25, 0.3) is 0 Å². The third-order valence-corrected chi connectivity index (χ3v) is 3.87. The first kappa shape index (κ1) is 11.6. The van der Waals surface area contributed by atoms with Crippen molar-refractivity contribution in [1.82, 2.24) is 9.97 Å². The smallest absolute Gasteiger partial charge is 0.225 e. The van der Waals surface area contributed by atoms with E-state index in [9.17, 15) is 4.79 Å². The van der Waals surface area contributed by atoms with E-state index in [0.29, 0.717) is 12.3 Å². The lowest BCUT2D eigenvalue weighted by Crippen LogP contribution is -2.32. The molecule has 0 aromatic carbocycles. The summed E-state index contributed by atoms with van der Waals surface area (Å²) in [5.41, 5.74) is 1.70. The van der Waals surface area contributed by atoms with Crippen molar-refractivity contribution < 1.29 is 4.79 Å². The molecule has 1 aromatic rings. The Hall–Kier alpha value is -1.45. The molecule has 0 radical (unpaired) electrons. The molecule has 4 heteroatoms. The van der Waals surface area contributed by atoms with Crippen molar-refractivity contribution in [2.45, 2.75) is 39.0 Å². The standard InChI is InChI=1S/C14H19N3O/c1-10-7-12-11(13(18)8-10)9-15-14(16-12)17-5-3-2-4-6-17/h9-10H,2-8H2,1H3/t10-/m1/s1. The highest BCUT2D eigenvalue weighted by Crippen LogP contribution is 2.25. The molecule has 2 aliphatic rings. The zero-order valence-corrected chi connectivity index (χ0v) is 10.9. The van der Waals surface area contributed by atoms with Crippen LogP contribution in [0.15, 0.2) is 6.20 Å². The van der Waals surface area contributed by atoms with E-state index in [1.807, 2.05) is 0 Å². The highest BCUT2D eigenvalue weighted by Gasteiger charge is 2.25. The van der Waals surface area contributed by atoms with E-state index in [1.165, 1.54) is 19.3 Å². The zero-order chi connectivity index (χ0) is 12.5. The van der Waals surface area contributed by atoms with Gasteiger partial charge >= 0.3 is 0 Å². The SMILES string of the molecule is C[C@H]1CC(=O)c2cnc(N3CCCCC3)nc2C1. The number of ketones is 1. The second-order valence-corrected chi connectivity index (χ2v) is 5.51. The number of aromatic nitrogens is 2. The maximum atomic E-state index is 11.9. The molecule has 0 unspecified atom stereocenters. The molecule has 0 saturated carbocycles. The molecule has 96 valence electrons. The van der Waals surface area contributed by atoms with Crippen LogP contribution < -0.4 is 4.90 Å². The number of fused-ring (bicyclic) bond motifs is 1. The predicted octanol–water partition coefficient (Wildman–Crippen LogP) is 2.23. The minimum atomic E-state index is 0.203. The Morgan fingerprint density at radius 1 is 1.22 bits per heavy atom. The summed E-state index contributed by atoms with van der Waals surface area (Å²) in [6.07, 6.45) is 7.02. The van der Waals surface area contributed by atoms with Crippen LogP contribution in [0.5, 0.6) is 0 Å². The van der Waals surface area contributed by atoms with Gasteiger partial charge in [-0.1, -0.05) is 6.92 Å². The van der Waals surface area contributed by atoms with Crippen LogP contribution in [-0.4, -0.2) is 28.8 Å². The van der Waals surface area contributed by atoms with Gasteiger partial charge < -0.3 is 4.90 Å². The van der Waals surface area contributed by atoms with E-state index in [4.69, 9.17) is 0 Å². The van der Waals surface area contributed by atoms with Crippen LogP contribution in [0.1, 0.15) is 48.7 Å². The molecule has 18 heavy (non-hydrogen) atoms. The number of hydrogen-bond donors (Lipinski definition) is 0. The first-order valence-electron chi connectivity index (χ1n) is 6.88. The summed E-state index contributed by atoms with van der Waals surface area (Å²) in [7, 11) is 0. The van der Waals surface area contributed by atoms with E-state index >= 15 is 0 Å². The Labute approximate surface area is 107 Å². The summed E-state index contributed by atoms with van der Waals surface area (Å²) in [5, 5.41) is 0. The van der Waals surface area contributed by atoms with Crippen LogP contribution in [0.2, 0.25) is 0 Å². The normalized spacial score (nSPS) is 23.9. The van der Waals surface area contributed by atoms with Crippen LogP contribution in [0.4, 0.5) is 5.95 Å². The molecule has 1 aliphatic heterocycles. The Bertz CT molecular complexity index is 466. The molecule has 0 bridgehead atoms. The van der Waals surface area contributed by atoms with Crippen molar-refractivity contribution in [3.8, 4) is 0 Å². The topological polar surface area (TPSA) is 46.1 Å². The summed E-state index contributed by atoms with van der Waals surface area (Å²) in [6, 6.07) is 0. The zero-order valence-electron chi connectivity index (χ0n) is 10.9. The number of carbonyl (C=O) groups is 1. The Kier molecular flexibility index (Phi) is 3.02. The van der Waals surface area contributed by atoms with Gasteiger partial charge in [-0.05, 0) is 31.6 Å². The fourth-order valence-corrected chi connectivity index (χ4v) is 2.87. The monoisotopic (exact) mass is 245 g/mol. The quantitative estimate of drug-likeness (QED) is 0.761. The molecule has 0 spiro atoms. The molecule has 1 aliphatic carbocycles. The van der Waals surface area contributed by atoms with Crippen LogP contribution in [0.25, 0.3) is 0 Å². The van der Waals surface area contributed by atoms with E-state index in [2.05, 4.69) is 21.8 Å². The summed E-state index contributed by atoms with van der Waals surface area (Å²) in [6.45, 7) is 4.20. The third kappa shape index (κ3) is 2.11. The van der Waals surface area contributed by atoms with Crippen molar-refractivity contribution >= 4 is 11.7 Å². The Balaban J connectivity index is 1.90. The lowest BCUT2D eigenvalue weighted by Gasteiger charge is -2.28. The Morgan fingerprint density at radius 2 is 2.00 bits per heavy atom. The van der Waals surface area contributed by atoms with Gasteiger partial charge in [0, 0.05) is 25.7 Å². The fourth-order valence-electron chi connectivity index (χ4n) is 2.87. The molecule has 1 aromatic heterocycles. The van der Waals surface area contributed by atoms with E-state index in [-0.39, 0.29) is 5.78 Å². The average Bonchev–Trinajstić information content (AvgIpc) is 2.39. The minimum Gasteiger partial charge on any atom is -0.341 e. The van der Waals surface area contributed by atoms with Crippen molar-refractivity contribution in [2.24, 2.45) is 5.92 Å². The molecule has 0 amide bonds. The first-order chi connectivity index (χ1) is 8.74. The maximum Gasteiger partial charge on any atom is 0.225 e. The summed E-state index contributed by atoms with van der Waals surface area (Å²) >= 11 is 0. The van der Waals surface area contributed by atoms with Gasteiger partial charge in [-0.2, -0.15) is 0 Å². The lowest BCUT2D eigenvalue weighted by atomic mass is 9.88. The number of Topliss-reactive ketones (excluding diaryl/α,β-unsaturated/α-hetero) is 1. The van der Waals surface area contributed by atoms with Crippen molar-refractivity contribution in [3.05, 3.63) is 17.5 Å². The molecular weight excluding hydrogens is 226 g/mol. The number of carbonyl (C=O) groups excluding carboxylic acids is 1. The summed E-state index contributed by atoms with van der Waals surface area (Å²) < 4.78 is 0. The first-order valence-corrected chi connectivity index (χ1v) is 6.88. The average molecular weight is 245 g/mol. The summed E-state index contributed by atoms with van der Waals surface area (Å²) in [5.74, 6) is 1.43. The molecule has 2 heterocycles. The number of anilines is 1. The highest BCUT2D eigenvalue weighted by atomic mass is 16.1. The van der Waals surface area contributed by atoms with Crippen LogP contribution in [0, 0.1) is 5.92 Å². The van der Waals surface area contributed by atoms with Crippen LogP contribution >= 0.6 is 0 Å².